The van der Waals surface area contributed by atoms with E-state index in [-0.39, 0.29) is 6.04 Å². The molecule has 0 aliphatic rings. The van der Waals surface area contributed by atoms with Crippen LogP contribution in [0.15, 0.2) is 31.2 Å². The summed E-state index contributed by atoms with van der Waals surface area (Å²) < 4.78 is 2.27. The first-order chi connectivity index (χ1) is 7.69. The normalized spacial score (nSPS) is 12.9. The predicted molar refractivity (Wildman–Crippen MR) is 77.8 cm³/mol. The number of hydrogen-bond acceptors (Lipinski definition) is 4. The van der Waals surface area contributed by atoms with Crippen molar-refractivity contribution >= 4 is 54.5 Å². The molecule has 0 radical (unpaired) electrons. The largest absolute Gasteiger partial charge is 0.271 e. The van der Waals surface area contributed by atoms with E-state index in [0.29, 0.717) is 0 Å². The van der Waals surface area contributed by atoms with Crippen molar-refractivity contribution in [3.05, 3.63) is 41.6 Å². The fourth-order valence-corrected chi connectivity index (χ4v) is 4.17. The van der Waals surface area contributed by atoms with Gasteiger partial charge in [-0.05, 0) is 54.9 Å². The Morgan fingerprint density at radius 2 is 2.06 bits per heavy atom. The van der Waals surface area contributed by atoms with Gasteiger partial charge < -0.3 is 0 Å². The van der Waals surface area contributed by atoms with Crippen LogP contribution in [-0.2, 0) is 6.42 Å². The van der Waals surface area contributed by atoms with Crippen molar-refractivity contribution in [2.24, 2.45) is 5.84 Å². The topological polar surface area (TPSA) is 38.0 Å². The van der Waals surface area contributed by atoms with Crippen molar-refractivity contribution < 1.29 is 0 Å². The Morgan fingerprint density at radius 1 is 1.25 bits per heavy atom. The summed E-state index contributed by atoms with van der Waals surface area (Å²) in [7, 11) is 0. The van der Waals surface area contributed by atoms with E-state index in [1.807, 2.05) is 0 Å². The average molecular weight is 382 g/mol. The Bertz CT molecular complexity index is 467. The fourth-order valence-electron chi connectivity index (χ4n) is 1.44. The van der Waals surface area contributed by atoms with Crippen LogP contribution in [0.4, 0.5) is 0 Å². The van der Waals surface area contributed by atoms with Crippen LogP contribution in [0.1, 0.15) is 16.5 Å². The Balaban J connectivity index is 2.12. The van der Waals surface area contributed by atoms with Gasteiger partial charge in [-0.1, -0.05) is 0 Å². The van der Waals surface area contributed by atoms with Crippen molar-refractivity contribution in [3.63, 3.8) is 0 Å². The van der Waals surface area contributed by atoms with Gasteiger partial charge in [0.05, 0.1) is 9.83 Å². The molecule has 0 saturated carbocycles. The van der Waals surface area contributed by atoms with Crippen LogP contribution in [-0.4, -0.2) is 0 Å². The lowest BCUT2D eigenvalue weighted by molar-refractivity contribution is 0.557. The summed E-state index contributed by atoms with van der Waals surface area (Å²) in [6.45, 7) is 0. The van der Waals surface area contributed by atoms with Crippen LogP contribution in [0.5, 0.6) is 0 Å². The van der Waals surface area contributed by atoms with Gasteiger partial charge in [0.15, 0.2) is 0 Å². The van der Waals surface area contributed by atoms with E-state index >= 15 is 0 Å². The van der Waals surface area contributed by atoms with Gasteiger partial charge in [0.1, 0.15) is 0 Å². The van der Waals surface area contributed by atoms with Gasteiger partial charge >= 0.3 is 0 Å². The van der Waals surface area contributed by atoms with Crippen LogP contribution in [0.3, 0.4) is 0 Å². The Hall–Kier alpha value is 0.280. The molecule has 0 saturated heterocycles. The third-order valence-electron chi connectivity index (χ3n) is 2.22. The van der Waals surface area contributed by atoms with Crippen LogP contribution < -0.4 is 11.3 Å². The molecule has 0 fully saturated rings. The lowest BCUT2D eigenvalue weighted by Gasteiger charge is -2.13. The molecule has 2 aromatic rings. The molecule has 16 heavy (non-hydrogen) atoms. The predicted octanol–water partition coefficient (Wildman–Crippen LogP) is 4.08. The van der Waals surface area contributed by atoms with Crippen LogP contribution in [0.25, 0.3) is 0 Å². The smallest absolute Gasteiger partial charge is 0.0701 e. The highest BCUT2D eigenvalue weighted by molar-refractivity contribution is 9.11. The van der Waals surface area contributed by atoms with Gasteiger partial charge in [-0.3, -0.25) is 11.3 Å². The quantitative estimate of drug-likeness (QED) is 0.618. The molecule has 2 aromatic heterocycles. The monoisotopic (exact) mass is 380 g/mol. The highest BCUT2D eigenvalue weighted by Crippen LogP contribution is 2.29. The SMILES string of the molecule is NNC(Cc1cc(Br)cs1)c1csc(Br)c1. The van der Waals surface area contributed by atoms with Gasteiger partial charge in [-0.2, -0.15) is 0 Å². The first-order valence-corrected chi connectivity index (χ1v) is 7.96. The summed E-state index contributed by atoms with van der Waals surface area (Å²) in [5, 5.41) is 4.21. The second-order valence-corrected chi connectivity index (χ2v) is 7.54. The minimum Gasteiger partial charge on any atom is -0.271 e. The van der Waals surface area contributed by atoms with Gasteiger partial charge in [0.2, 0.25) is 0 Å². The molecule has 1 unspecified atom stereocenters. The zero-order chi connectivity index (χ0) is 11.5. The number of hydrogen-bond donors (Lipinski definition) is 2. The van der Waals surface area contributed by atoms with Crippen LogP contribution in [0.2, 0.25) is 0 Å². The number of halogens is 2. The van der Waals surface area contributed by atoms with E-state index < -0.39 is 0 Å². The summed E-state index contributed by atoms with van der Waals surface area (Å²) in [6, 6.07) is 4.42. The maximum atomic E-state index is 5.60. The highest BCUT2D eigenvalue weighted by Gasteiger charge is 2.13. The number of nitrogens with one attached hydrogen (secondary N) is 1. The molecule has 0 amide bonds. The summed E-state index contributed by atoms with van der Waals surface area (Å²) in [5.74, 6) is 5.60. The highest BCUT2D eigenvalue weighted by atomic mass is 79.9. The zero-order valence-corrected chi connectivity index (χ0v) is 13.0. The Labute approximate surface area is 119 Å². The van der Waals surface area contributed by atoms with Crippen molar-refractivity contribution in [1.29, 1.82) is 0 Å². The second-order valence-electron chi connectivity index (χ2n) is 3.34. The molecule has 2 rings (SSSR count). The minimum absolute atomic E-state index is 0.174. The molecule has 0 spiro atoms. The van der Waals surface area contributed by atoms with E-state index in [9.17, 15) is 0 Å². The van der Waals surface area contributed by atoms with Crippen molar-refractivity contribution in [2.75, 3.05) is 0 Å². The van der Waals surface area contributed by atoms with Gasteiger partial charge in [-0.25, -0.2) is 0 Å². The second kappa shape index (κ2) is 5.75. The van der Waals surface area contributed by atoms with Crippen LogP contribution >= 0.6 is 54.5 Å². The van der Waals surface area contributed by atoms with Gasteiger partial charge in [-0.15, -0.1) is 22.7 Å². The molecule has 0 aromatic carbocycles. The van der Waals surface area contributed by atoms with Crippen molar-refractivity contribution in [2.45, 2.75) is 12.5 Å². The molecule has 1 atom stereocenters. The Morgan fingerprint density at radius 3 is 2.56 bits per heavy atom. The summed E-state index contributed by atoms with van der Waals surface area (Å²) in [4.78, 5) is 1.32. The zero-order valence-electron chi connectivity index (χ0n) is 8.24. The number of rotatable bonds is 4. The molecule has 3 N–H and O–H groups in total. The molecule has 0 bridgehead atoms. The molecular formula is C10H10Br2N2S2. The lowest BCUT2D eigenvalue weighted by Crippen LogP contribution is -2.29. The van der Waals surface area contributed by atoms with E-state index in [1.54, 1.807) is 22.7 Å². The van der Waals surface area contributed by atoms with Crippen molar-refractivity contribution in [3.8, 4) is 0 Å². The maximum Gasteiger partial charge on any atom is 0.0701 e. The number of thiophene rings is 2. The molecular weight excluding hydrogens is 372 g/mol. The van der Waals surface area contributed by atoms with Gasteiger partial charge in [0.25, 0.3) is 0 Å². The standard InChI is InChI=1S/C10H10Br2N2S2/c11-7-2-8(15-5-7)3-9(14-13)6-1-10(12)16-4-6/h1-2,4-5,9,14H,3,13H2. The van der Waals surface area contributed by atoms with E-state index in [2.05, 4.69) is 60.2 Å². The summed E-state index contributed by atoms with van der Waals surface area (Å²) >= 11 is 10.3. The van der Waals surface area contributed by atoms with E-state index in [4.69, 9.17) is 5.84 Å². The summed E-state index contributed by atoms with van der Waals surface area (Å²) in [5.41, 5.74) is 4.09. The van der Waals surface area contributed by atoms with E-state index in [1.165, 1.54) is 10.4 Å². The lowest BCUT2D eigenvalue weighted by atomic mass is 10.1. The molecule has 0 aliphatic heterocycles. The van der Waals surface area contributed by atoms with Crippen LogP contribution in [0, 0.1) is 0 Å². The van der Waals surface area contributed by atoms with Crippen molar-refractivity contribution in [1.82, 2.24) is 5.43 Å². The fraction of sp³-hybridized carbons (Fsp3) is 0.200. The Kier molecular flexibility index (Phi) is 4.57. The number of nitrogens with two attached hydrogens (primary N) is 1. The first kappa shape index (κ1) is 12.7. The molecule has 0 aliphatic carbocycles. The summed E-state index contributed by atoms with van der Waals surface area (Å²) in [6.07, 6.45) is 0.913. The molecule has 86 valence electrons. The third-order valence-corrected chi connectivity index (χ3v) is 5.46. The molecule has 2 heterocycles. The van der Waals surface area contributed by atoms with E-state index in [0.717, 1.165) is 14.7 Å². The first-order valence-electron chi connectivity index (χ1n) is 4.62. The number of hydrazine groups is 1. The minimum atomic E-state index is 0.174. The molecule has 2 nitrogen and oxygen atoms in total. The van der Waals surface area contributed by atoms with Gasteiger partial charge in [0, 0.05) is 21.2 Å². The molecule has 6 heteroatoms. The maximum absolute atomic E-state index is 5.60. The third kappa shape index (κ3) is 3.15. The average Bonchev–Trinajstić information content (AvgIpc) is 2.84.